The number of nitrogens with one attached hydrogen (secondary N) is 2. The molecule has 0 fully saturated rings. The third-order valence-electron chi connectivity index (χ3n) is 5.15. The lowest BCUT2D eigenvalue weighted by atomic mass is 9.99. The van der Waals surface area contributed by atoms with Crippen LogP contribution in [0.25, 0.3) is 11.1 Å². The second kappa shape index (κ2) is 12.3. The zero-order valence-corrected chi connectivity index (χ0v) is 18.1. The molecule has 3 aromatic carbocycles. The minimum Gasteiger partial charge on any atom is -0.310 e. The van der Waals surface area contributed by atoms with Crippen molar-refractivity contribution in [1.82, 2.24) is 10.9 Å². The first-order valence-electron chi connectivity index (χ1n) is 10.9. The van der Waals surface area contributed by atoms with Gasteiger partial charge in [-0.1, -0.05) is 86.1 Å². The van der Waals surface area contributed by atoms with E-state index in [2.05, 4.69) is 72.4 Å². The van der Waals surface area contributed by atoms with E-state index in [0.717, 1.165) is 54.8 Å². The quantitative estimate of drug-likeness (QED) is 0.196. The Balaban J connectivity index is 1.57. The number of hydrogen-bond donors (Lipinski definition) is 2. The molecule has 0 bridgehead atoms. The summed E-state index contributed by atoms with van der Waals surface area (Å²) >= 11 is 0. The van der Waals surface area contributed by atoms with Crippen molar-refractivity contribution in [2.24, 2.45) is 4.99 Å². The molecule has 0 unspecified atom stereocenters. The van der Waals surface area contributed by atoms with Crippen molar-refractivity contribution in [2.75, 3.05) is 6.54 Å². The van der Waals surface area contributed by atoms with Crippen LogP contribution in [-0.2, 0) is 13.0 Å². The van der Waals surface area contributed by atoms with Gasteiger partial charge in [0.05, 0.1) is 18.2 Å². The summed E-state index contributed by atoms with van der Waals surface area (Å²) in [4.78, 5) is 4.80. The molecule has 0 saturated carbocycles. The van der Waals surface area contributed by atoms with Gasteiger partial charge in [0.15, 0.2) is 0 Å². The normalized spacial score (nSPS) is 11.2. The van der Waals surface area contributed by atoms with E-state index in [0.29, 0.717) is 12.1 Å². The van der Waals surface area contributed by atoms with Crippen molar-refractivity contribution in [3.63, 3.8) is 0 Å². The summed E-state index contributed by atoms with van der Waals surface area (Å²) in [5.41, 5.74) is 11.8. The summed E-state index contributed by atoms with van der Waals surface area (Å²) in [6, 6.07) is 28.7. The highest BCUT2D eigenvalue weighted by Gasteiger charge is 2.04. The van der Waals surface area contributed by atoms with Gasteiger partial charge in [0, 0.05) is 13.0 Å². The lowest BCUT2D eigenvalue weighted by Crippen LogP contribution is -2.38. The van der Waals surface area contributed by atoms with Crippen LogP contribution in [0.15, 0.2) is 83.9 Å². The van der Waals surface area contributed by atoms with Crippen molar-refractivity contribution in [2.45, 2.75) is 39.2 Å². The highest BCUT2D eigenvalue weighted by Crippen LogP contribution is 2.23. The fraction of sp³-hybridized carbons (Fsp3) is 0.259. The zero-order chi connectivity index (χ0) is 21.7. The molecule has 0 aliphatic heterocycles. The van der Waals surface area contributed by atoms with E-state index >= 15 is 0 Å². The van der Waals surface area contributed by atoms with Gasteiger partial charge < -0.3 is 5.43 Å². The standard InChI is InChI=1S/C27H30N4/c1-2-3-13-27(31-30-19-18-22-9-5-4-6-10-22)29-21-23-14-16-24(17-15-23)26-12-8-7-11-25(26)20-28/h4-12,14-17,30H,2-3,13,18-19,21H2,1H3,(H,29,31). The van der Waals surface area contributed by atoms with Crippen LogP contribution in [0.3, 0.4) is 0 Å². The van der Waals surface area contributed by atoms with E-state index in [1.54, 1.807) is 0 Å². The Morgan fingerprint density at radius 1 is 0.903 bits per heavy atom. The molecule has 0 aliphatic rings. The molecule has 0 radical (unpaired) electrons. The van der Waals surface area contributed by atoms with Crippen LogP contribution in [0.4, 0.5) is 0 Å². The minimum atomic E-state index is 0.632. The van der Waals surface area contributed by atoms with Crippen LogP contribution in [0, 0.1) is 11.3 Å². The Kier molecular flexibility index (Phi) is 8.85. The lowest BCUT2D eigenvalue weighted by molar-refractivity contribution is 0.633. The number of hydrogen-bond acceptors (Lipinski definition) is 3. The van der Waals surface area contributed by atoms with Crippen LogP contribution in [0.2, 0.25) is 0 Å². The molecular formula is C27H30N4. The minimum absolute atomic E-state index is 0.632. The van der Waals surface area contributed by atoms with Crippen molar-refractivity contribution in [3.8, 4) is 17.2 Å². The predicted molar refractivity (Wildman–Crippen MR) is 129 cm³/mol. The zero-order valence-electron chi connectivity index (χ0n) is 18.1. The molecule has 0 atom stereocenters. The van der Waals surface area contributed by atoms with Gasteiger partial charge in [-0.15, -0.1) is 0 Å². The van der Waals surface area contributed by atoms with Gasteiger partial charge in [0.25, 0.3) is 0 Å². The molecule has 0 amide bonds. The van der Waals surface area contributed by atoms with Crippen LogP contribution in [0.1, 0.15) is 42.9 Å². The summed E-state index contributed by atoms with van der Waals surface area (Å²) in [5, 5.41) is 9.32. The first-order chi connectivity index (χ1) is 15.3. The molecule has 3 aromatic rings. The summed E-state index contributed by atoms with van der Waals surface area (Å²) in [6.45, 7) is 3.67. The van der Waals surface area contributed by atoms with E-state index < -0.39 is 0 Å². The maximum Gasteiger partial charge on any atom is 0.111 e. The number of benzene rings is 3. The third-order valence-corrected chi connectivity index (χ3v) is 5.15. The van der Waals surface area contributed by atoms with Crippen molar-refractivity contribution < 1.29 is 0 Å². The Bertz CT molecular complexity index is 1000. The molecule has 3 rings (SSSR count). The van der Waals surface area contributed by atoms with E-state index in [1.807, 2.05) is 30.3 Å². The van der Waals surface area contributed by atoms with E-state index in [9.17, 15) is 5.26 Å². The highest BCUT2D eigenvalue weighted by molar-refractivity contribution is 5.81. The van der Waals surface area contributed by atoms with Gasteiger partial charge in [-0.2, -0.15) is 5.26 Å². The summed E-state index contributed by atoms with van der Waals surface area (Å²) in [6.07, 6.45) is 4.15. The van der Waals surface area contributed by atoms with Crippen LogP contribution in [0.5, 0.6) is 0 Å². The summed E-state index contributed by atoms with van der Waals surface area (Å²) in [7, 11) is 0. The van der Waals surface area contributed by atoms with Gasteiger partial charge in [0.2, 0.25) is 0 Å². The first kappa shape index (κ1) is 22.3. The topological polar surface area (TPSA) is 60.2 Å². The molecule has 158 valence electrons. The van der Waals surface area contributed by atoms with E-state index in [-0.39, 0.29) is 0 Å². The predicted octanol–water partition coefficient (Wildman–Crippen LogP) is 5.65. The van der Waals surface area contributed by atoms with E-state index in [4.69, 9.17) is 4.99 Å². The smallest absolute Gasteiger partial charge is 0.111 e. The second-order valence-corrected chi connectivity index (χ2v) is 7.51. The number of hydrazine groups is 1. The molecule has 4 heteroatoms. The number of aliphatic imine (C=N–C) groups is 1. The van der Waals surface area contributed by atoms with Crippen molar-refractivity contribution >= 4 is 5.84 Å². The Hall–Kier alpha value is -3.42. The van der Waals surface area contributed by atoms with Crippen molar-refractivity contribution in [1.29, 1.82) is 5.26 Å². The number of nitriles is 1. The lowest BCUT2D eigenvalue weighted by Gasteiger charge is -2.12. The average Bonchev–Trinajstić information content (AvgIpc) is 2.84. The summed E-state index contributed by atoms with van der Waals surface area (Å²) in [5.74, 6) is 0.994. The summed E-state index contributed by atoms with van der Waals surface area (Å²) < 4.78 is 0. The van der Waals surface area contributed by atoms with Gasteiger partial charge in [-0.25, -0.2) is 5.43 Å². The maximum atomic E-state index is 9.32. The molecule has 4 nitrogen and oxygen atoms in total. The second-order valence-electron chi connectivity index (χ2n) is 7.51. The van der Waals surface area contributed by atoms with E-state index in [1.165, 1.54) is 5.56 Å². The average molecular weight is 411 g/mol. The molecule has 0 spiro atoms. The van der Waals surface area contributed by atoms with Crippen LogP contribution < -0.4 is 10.9 Å². The molecule has 0 saturated heterocycles. The SMILES string of the molecule is CCCCC(=NCc1ccc(-c2ccccc2C#N)cc1)NNCCc1ccccc1. The largest absolute Gasteiger partial charge is 0.310 e. The van der Waals surface area contributed by atoms with Crippen LogP contribution in [-0.4, -0.2) is 12.4 Å². The number of amidine groups is 1. The highest BCUT2D eigenvalue weighted by atomic mass is 15.4. The molecule has 31 heavy (non-hydrogen) atoms. The van der Waals surface area contributed by atoms with Crippen LogP contribution >= 0.6 is 0 Å². The number of unbranched alkanes of at least 4 members (excludes halogenated alkanes) is 1. The number of nitrogens with zero attached hydrogens (tertiary/aromatic N) is 2. The number of rotatable bonds is 10. The fourth-order valence-electron chi connectivity index (χ4n) is 3.35. The molecule has 0 heterocycles. The third kappa shape index (κ3) is 7.09. The van der Waals surface area contributed by atoms with Gasteiger partial charge >= 0.3 is 0 Å². The monoisotopic (exact) mass is 410 g/mol. The van der Waals surface area contributed by atoms with Gasteiger partial charge in [0.1, 0.15) is 5.84 Å². The molecular weight excluding hydrogens is 380 g/mol. The molecule has 0 aromatic heterocycles. The molecule has 0 aliphatic carbocycles. The van der Waals surface area contributed by atoms with Gasteiger partial charge in [-0.3, -0.25) is 4.99 Å². The maximum absolute atomic E-state index is 9.32. The first-order valence-corrected chi connectivity index (χ1v) is 10.9. The molecule has 2 N–H and O–H groups in total. The Morgan fingerprint density at radius 2 is 1.65 bits per heavy atom. The van der Waals surface area contributed by atoms with Gasteiger partial charge in [-0.05, 0) is 41.2 Å². The Labute approximate surface area is 185 Å². The van der Waals surface area contributed by atoms with Crippen molar-refractivity contribution in [3.05, 3.63) is 95.6 Å². The fourth-order valence-corrected chi connectivity index (χ4v) is 3.35. The Morgan fingerprint density at radius 3 is 2.39 bits per heavy atom.